The Balaban J connectivity index is 1.76. The largest absolute Gasteiger partial charge is 0.451 e. The molecule has 0 saturated carbocycles. The van der Waals surface area contributed by atoms with Crippen molar-refractivity contribution in [2.75, 3.05) is 19.8 Å². The first-order chi connectivity index (χ1) is 10.6. The zero-order valence-electron chi connectivity index (χ0n) is 12.0. The molecule has 0 unspecified atom stereocenters. The highest BCUT2D eigenvalue weighted by Crippen LogP contribution is 2.19. The minimum atomic E-state index is -0.967. The van der Waals surface area contributed by atoms with Crippen LogP contribution in [0.15, 0.2) is 39.5 Å². The van der Waals surface area contributed by atoms with Crippen LogP contribution in [0.2, 0.25) is 0 Å². The number of nitrogens with one attached hydrogen (secondary N) is 1. The summed E-state index contributed by atoms with van der Waals surface area (Å²) in [5.74, 6) is -0.567. The van der Waals surface area contributed by atoms with E-state index in [-0.39, 0.29) is 17.7 Å². The lowest BCUT2D eigenvalue weighted by Crippen LogP contribution is -2.46. The van der Waals surface area contributed by atoms with E-state index in [1.807, 2.05) is 0 Å². The average molecular weight is 303 g/mol. The monoisotopic (exact) mass is 303 g/mol. The van der Waals surface area contributed by atoms with Crippen molar-refractivity contribution in [2.24, 2.45) is 0 Å². The maximum absolute atomic E-state index is 12.1. The van der Waals surface area contributed by atoms with E-state index in [0.29, 0.717) is 37.0 Å². The van der Waals surface area contributed by atoms with Crippen molar-refractivity contribution in [1.29, 1.82) is 0 Å². The third kappa shape index (κ3) is 3.03. The van der Waals surface area contributed by atoms with Crippen LogP contribution in [0.4, 0.5) is 0 Å². The number of hydrogen-bond donors (Lipinski definition) is 2. The molecule has 1 aromatic heterocycles. The van der Waals surface area contributed by atoms with Crippen molar-refractivity contribution in [1.82, 2.24) is 5.32 Å². The number of ether oxygens (including phenoxy) is 1. The van der Waals surface area contributed by atoms with E-state index in [2.05, 4.69) is 5.32 Å². The Morgan fingerprint density at radius 3 is 2.77 bits per heavy atom. The van der Waals surface area contributed by atoms with Gasteiger partial charge in [0.05, 0.1) is 11.0 Å². The molecule has 2 heterocycles. The molecule has 0 bridgehead atoms. The first-order valence-electron chi connectivity index (χ1n) is 7.19. The summed E-state index contributed by atoms with van der Waals surface area (Å²) in [7, 11) is 0. The van der Waals surface area contributed by atoms with Crippen LogP contribution in [0.5, 0.6) is 0 Å². The second-order valence-electron chi connectivity index (χ2n) is 5.49. The van der Waals surface area contributed by atoms with E-state index in [1.54, 1.807) is 24.3 Å². The molecule has 6 heteroatoms. The Kier molecular flexibility index (Phi) is 3.96. The van der Waals surface area contributed by atoms with Crippen LogP contribution in [0.25, 0.3) is 11.0 Å². The molecular weight excluding hydrogens is 286 g/mol. The molecule has 0 atom stereocenters. The van der Waals surface area contributed by atoms with Gasteiger partial charge in [-0.25, -0.2) is 0 Å². The fourth-order valence-corrected chi connectivity index (χ4v) is 2.48. The van der Waals surface area contributed by atoms with E-state index in [9.17, 15) is 14.7 Å². The summed E-state index contributed by atoms with van der Waals surface area (Å²) < 4.78 is 10.6. The molecule has 3 rings (SSSR count). The van der Waals surface area contributed by atoms with Crippen LogP contribution in [-0.4, -0.2) is 36.4 Å². The molecule has 1 fully saturated rings. The smallest absolute Gasteiger partial charge is 0.287 e. The molecule has 1 saturated heterocycles. The van der Waals surface area contributed by atoms with Crippen LogP contribution < -0.4 is 10.7 Å². The van der Waals surface area contributed by atoms with Gasteiger partial charge in [0.1, 0.15) is 5.58 Å². The normalized spacial score (nSPS) is 17.3. The number of hydrogen-bond acceptors (Lipinski definition) is 5. The van der Waals surface area contributed by atoms with E-state index in [1.165, 1.54) is 6.07 Å². The van der Waals surface area contributed by atoms with Gasteiger partial charge in [-0.15, -0.1) is 0 Å². The minimum Gasteiger partial charge on any atom is -0.451 e. The van der Waals surface area contributed by atoms with Crippen molar-refractivity contribution >= 4 is 16.9 Å². The van der Waals surface area contributed by atoms with Crippen LogP contribution in [0.3, 0.4) is 0 Å². The van der Waals surface area contributed by atoms with E-state index >= 15 is 0 Å². The molecule has 0 aliphatic carbocycles. The van der Waals surface area contributed by atoms with Crippen LogP contribution in [-0.2, 0) is 4.74 Å². The summed E-state index contributed by atoms with van der Waals surface area (Å²) in [4.78, 5) is 24.1. The number of carbonyl (C=O) groups is 1. The molecule has 0 radical (unpaired) electrons. The molecule has 1 aromatic carbocycles. The van der Waals surface area contributed by atoms with Gasteiger partial charge in [0.2, 0.25) is 0 Å². The number of amides is 1. The molecule has 1 aliphatic heterocycles. The van der Waals surface area contributed by atoms with Crippen molar-refractivity contribution in [3.63, 3.8) is 0 Å². The Labute approximate surface area is 126 Å². The number of aliphatic hydroxyl groups is 1. The SMILES string of the molecule is O=C(NCC1(O)CCOCC1)c1cc(=O)c2ccccc2o1. The number of carbonyl (C=O) groups excluding carboxylic acids is 1. The van der Waals surface area contributed by atoms with Crippen molar-refractivity contribution < 1.29 is 19.1 Å². The van der Waals surface area contributed by atoms with Crippen molar-refractivity contribution in [3.05, 3.63) is 46.3 Å². The molecule has 116 valence electrons. The third-order valence-corrected chi connectivity index (χ3v) is 3.86. The zero-order chi connectivity index (χ0) is 15.6. The van der Waals surface area contributed by atoms with Gasteiger partial charge in [0.25, 0.3) is 5.91 Å². The van der Waals surface area contributed by atoms with E-state index < -0.39 is 11.5 Å². The molecule has 2 aromatic rings. The quantitative estimate of drug-likeness (QED) is 0.885. The summed E-state index contributed by atoms with van der Waals surface area (Å²) in [6, 6.07) is 7.93. The van der Waals surface area contributed by atoms with Gasteiger partial charge in [0, 0.05) is 38.7 Å². The third-order valence-electron chi connectivity index (χ3n) is 3.86. The second-order valence-corrected chi connectivity index (χ2v) is 5.49. The second kappa shape index (κ2) is 5.90. The maximum atomic E-state index is 12.1. The number of rotatable bonds is 3. The molecule has 1 aliphatic rings. The Hall–Kier alpha value is -2.18. The van der Waals surface area contributed by atoms with Gasteiger partial charge in [0.15, 0.2) is 11.2 Å². The van der Waals surface area contributed by atoms with E-state index in [0.717, 1.165) is 0 Å². The average Bonchev–Trinajstić information content (AvgIpc) is 2.53. The predicted octanol–water partition coefficient (Wildman–Crippen LogP) is 1.06. The first kappa shape index (κ1) is 14.7. The zero-order valence-corrected chi connectivity index (χ0v) is 12.0. The molecule has 22 heavy (non-hydrogen) atoms. The highest BCUT2D eigenvalue weighted by Gasteiger charge is 2.30. The predicted molar refractivity (Wildman–Crippen MR) is 79.8 cm³/mol. The topological polar surface area (TPSA) is 88.8 Å². The summed E-state index contributed by atoms with van der Waals surface area (Å²) in [6.45, 7) is 1.04. The lowest BCUT2D eigenvalue weighted by molar-refractivity contribution is -0.0605. The van der Waals surface area contributed by atoms with E-state index in [4.69, 9.17) is 9.15 Å². The summed E-state index contributed by atoms with van der Waals surface area (Å²) in [5.41, 5.74) is -0.868. The van der Waals surface area contributed by atoms with Crippen molar-refractivity contribution in [2.45, 2.75) is 18.4 Å². The van der Waals surface area contributed by atoms with Gasteiger partial charge in [-0.3, -0.25) is 9.59 Å². The van der Waals surface area contributed by atoms with Crippen molar-refractivity contribution in [3.8, 4) is 0 Å². The lowest BCUT2D eigenvalue weighted by Gasteiger charge is -2.31. The highest BCUT2D eigenvalue weighted by molar-refractivity contribution is 5.93. The van der Waals surface area contributed by atoms with Gasteiger partial charge in [-0.05, 0) is 12.1 Å². The van der Waals surface area contributed by atoms with Gasteiger partial charge in [-0.2, -0.15) is 0 Å². The lowest BCUT2D eigenvalue weighted by atomic mass is 9.94. The fourth-order valence-electron chi connectivity index (χ4n) is 2.48. The summed E-state index contributed by atoms with van der Waals surface area (Å²) >= 11 is 0. The minimum absolute atomic E-state index is 0.0561. The van der Waals surface area contributed by atoms with Gasteiger partial charge < -0.3 is 19.6 Å². The molecule has 2 N–H and O–H groups in total. The van der Waals surface area contributed by atoms with Gasteiger partial charge in [-0.1, -0.05) is 12.1 Å². The number of benzene rings is 1. The standard InChI is InChI=1S/C16H17NO5/c18-12-9-14(22-13-4-2-1-3-11(12)13)15(19)17-10-16(20)5-7-21-8-6-16/h1-4,9,20H,5-8,10H2,(H,17,19). The Bertz CT molecular complexity index is 746. The Morgan fingerprint density at radius 2 is 2.00 bits per heavy atom. The maximum Gasteiger partial charge on any atom is 0.287 e. The highest BCUT2D eigenvalue weighted by atomic mass is 16.5. The number of fused-ring (bicyclic) bond motifs is 1. The first-order valence-corrected chi connectivity index (χ1v) is 7.19. The van der Waals surface area contributed by atoms with Gasteiger partial charge >= 0.3 is 0 Å². The summed E-state index contributed by atoms with van der Waals surface area (Å²) in [6.07, 6.45) is 0.934. The fraction of sp³-hybridized carbons (Fsp3) is 0.375. The molecular formula is C16H17NO5. The Morgan fingerprint density at radius 1 is 1.27 bits per heavy atom. The summed E-state index contributed by atoms with van der Waals surface area (Å²) in [5, 5.41) is 13.4. The van der Waals surface area contributed by atoms with Crippen LogP contribution in [0, 0.1) is 0 Å². The molecule has 0 spiro atoms. The molecule has 6 nitrogen and oxygen atoms in total. The molecule has 1 amide bonds. The number of para-hydroxylation sites is 1. The van der Waals surface area contributed by atoms with Crippen LogP contribution >= 0.6 is 0 Å². The van der Waals surface area contributed by atoms with Crippen LogP contribution in [0.1, 0.15) is 23.4 Å².